The Bertz CT molecular complexity index is 777. The third-order valence-corrected chi connectivity index (χ3v) is 3.99. The highest BCUT2D eigenvalue weighted by molar-refractivity contribution is 6.07. The number of fused-ring (bicyclic) bond motifs is 1. The van der Waals surface area contributed by atoms with Gasteiger partial charge in [0.1, 0.15) is 6.04 Å². The summed E-state index contributed by atoms with van der Waals surface area (Å²) in [5.74, 6) is -1.33. The van der Waals surface area contributed by atoms with Gasteiger partial charge in [0.25, 0.3) is 5.91 Å². The van der Waals surface area contributed by atoms with Crippen LogP contribution in [0.3, 0.4) is 0 Å². The summed E-state index contributed by atoms with van der Waals surface area (Å²) in [7, 11) is 1.77. The lowest BCUT2D eigenvalue weighted by Crippen LogP contribution is -2.42. The van der Waals surface area contributed by atoms with Crippen LogP contribution in [0.1, 0.15) is 34.6 Å². The molecule has 0 aromatic carbocycles. The number of pyridine rings is 1. The van der Waals surface area contributed by atoms with Crippen molar-refractivity contribution in [3.05, 3.63) is 23.0 Å². The third kappa shape index (κ3) is 2.43. The quantitative estimate of drug-likeness (QED) is 0.884. The van der Waals surface area contributed by atoms with E-state index in [1.807, 2.05) is 6.92 Å². The summed E-state index contributed by atoms with van der Waals surface area (Å²) in [5, 5.41) is 16.9. The maximum absolute atomic E-state index is 12.6. The van der Waals surface area contributed by atoms with Crippen LogP contribution in [0.4, 0.5) is 0 Å². The van der Waals surface area contributed by atoms with E-state index in [1.54, 1.807) is 24.7 Å². The molecule has 0 bridgehead atoms. The summed E-state index contributed by atoms with van der Waals surface area (Å²) in [6.07, 6.45) is 1.68. The minimum Gasteiger partial charge on any atom is -0.480 e. The average Bonchev–Trinajstić information content (AvgIpc) is 3.23. The number of rotatable bonds is 4. The Balaban J connectivity index is 2.01. The fourth-order valence-electron chi connectivity index (χ4n) is 2.78. The number of nitrogens with one attached hydrogen (secondary N) is 1. The highest BCUT2D eigenvalue weighted by atomic mass is 16.4. The van der Waals surface area contributed by atoms with Gasteiger partial charge in [-0.2, -0.15) is 5.10 Å². The minimum absolute atomic E-state index is 0.0369. The second-order valence-corrected chi connectivity index (χ2v) is 5.85. The van der Waals surface area contributed by atoms with E-state index in [4.69, 9.17) is 0 Å². The number of carbonyl (C=O) groups excluding carboxylic acids is 1. The first-order valence-electron chi connectivity index (χ1n) is 7.23. The van der Waals surface area contributed by atoms with Gasteiger partial charge >= 0.3 is 5.97 Å². The van der Waals surface area contributed by atoms with Crippen LogP contribution in [0.25, 0.3) is 11.0 Å². The Labute approximate surface area is 127 Å². The van der Waals surface area contributed by atoms with Crippen molar-refractivity contribution < 1.29 is 14.7 Å². The summed E-state index contributed by atoms with van der Waals surface area (Å²) in [6.45, 7) is 3.61. The molecule has 2 N–H and O–H groups in total. The Morgan fingerprint density at radius 1 is 1.41 bits per heavy atom. The standard InChI is InChI=1S/C15H18N4O3/c1-7-6-10(11-8(2)18-19(3)13(11)16-7)14(20)17-12(15(21)22)9-4-5-9/h6,9,12H,4-5H2,1-3H3,(H,17,20)(H,21,22). The van der Waals surface area contributed by atoms with Crippen LogP contribution in [0.5, 0.6) is 0 Å². The van der Waals surface area contributed by atoms with Crippen molar-refractivity contribution >= 4 is 22.9 Å². The number of carboxylic acid groups (broad SMARTS) is 1. The summed E-state index contributed by atoms with van der Waals surface area (Å²) in [4.78, 5) is 28.3. The Hall–Kier alpha value is -2.44. The number of nitrogens with zero attached hydrogens (tertiary/aromatic N) is 3. The van der Waals surface area contributed by atoms with Crippen molar-refractivity contribution in [1.82, 2.24) is 20.1 Å². The van der Waals surface area contributed by atoms with Gasteiger partial charge < -0.3 is 10.4 Å². The number of aryl methyl sites for hydroxylation is 3. The molecule has 1 aliphatic carbocycles. The zero-order chi connectivity index (χ0) is 16.0. The van der Waals surface area contributed by atoms with Crippen molar-refractivity contribution in [2.75, 3.05) is 0 Å². The molecule has 2 aromatic rings. The maximum atomic E-state index is 12.6. The fraction of sp³-hybridized carbons (Fsp3) is 0.467. The lowest BCUT2D eigenvalue weighted by atomic mass is 10.1. The molecule has 22 heavy (non-hydrogen) atoms. The van der Waals surface area contributed by atoms with Crippen LogP contribution in [0.15, 0.2) is 6.07 Å². The molecular weight excluding hydrogens is 284 g/mol. The number of amides is 1. The van der Waals surface area contributed by atoms with Crippen LogP contribution < -0.4 is 5.32 Å². The van der Waals surface area contributed by atoms with Gasteiger partial charge in [-0.3, -0.25) is 9.48 Å². The highest BCUT2D eigenvalue weighted by Gasteiger charge is 2.37. The van der Waals surface area contributed by atoms with Gasteiger partial charge in [0, 0.05) is 12.7 Å². The monoisotopic (exact) mass is 302 g/mol. The molecule has 3 rings (SSSR count). The first-order chi connectivity index (χ1) is 10.4. The van der Waals surface area contributed by atoms with E-state index in [9.17, 15) is 14.7 Å². The van der Waals surface area contributed by atoms with Gasteiger partial charge in [-0.15, -0.1) is 0 Å². The Morgan fingerprint density at radius 2 is 2.09 bits per heavy atom. The normalized spacial score (nSPS) is 15.8. The summed E-state index contributed by atoms with van der Waals surface area (Å²) >= 11 is 0. The van der Waals surface area contributed by atoms with E-state index in [0.29, 0.717) is 28.0 Å². The maximum Gasteiger partial charge on any atom is 0.326 e. The number of carbonyl (C=O) groups is 2. The molecule has 0 saturated heterocycles. The van der Waals surface area contributed by atoms with E-state index in [2.05, 4.69) is 15.4 Å². The molecule has 1 saturated carbocycles. The molecule has 7 nitrogen and oxygen atoms in total. The lowest BCUT2D eigenvalue weighted by molar-refractivity contribution is -0.139. The fourth-order valence-corrected chi connectivity index (χ4v) is 2.78. The molecule has 2 aromatic heterocycles. The molecule has 1 aliphatic rings. The number of carboxylic acids is 1. The zero-order valence-electron chi connectivity index (χ0n) is 12.8. The van der Waals surface area contributed by atoms with Gasteiger partial charge in [0.15, 0.2) is 5.65 Å². The largest absolute Gasteiger partial charge is 0.480 e. The van der Waals surface area contributed by atoms with Crippen LogP contribution >= 0.6 is 0 Å². The molecule has 0 radical (unpaired) electrons. The number of aliphatic carboxylic acids is 1. The van der Waals surface area contributed by atoms with Crippen molar-refractivity contribution in [2.45, 2.75) is 32.7 Å². The number of hydrogen-bond acceptors (Lipinski definition) is 4. The van der Waals surface area contributed by atoms with Gasteiger partial charge in [-0.1, -0.05) is 0 Å². The van der Waals surface area contributed by atoms with E-state index in [1.165, 1.54) is 0 Å². The summed E-state index contributed by atoms with van der Waals surface area (Å²) in [6, 6.07) is 0.853. The average molecular weight is 302 g/mol. The SMILES string of the molecule is Cc1cc(C(=O)NC(C(=O)O)C2CC2)c2c(C)nn(C)c2n1. The molecule has 116 valence electrons. The molecule has 1 atom stereocenters. The Morgan fingerprint density at radius 3 is 2.68 bits per heavy atom. The molecule has 0 aliphatic heterocycles. The van der Waals surface area contributed by atoms with Gasteiger partial charge in [0.2, 0.25) is 0 Å². The predicted octanol–water partition coefficient (Wildman–Crippen LogP) is 1.18. The predicted molar refractivity (Wildman–Crippen MR) is 79.6 cm³/mol. The topological polar surface area (TPSA) is 97.1 Å². The van der Waals surface area contributed by atoms with Crippen LogP contribution in [0.2, 0.25) is 0 Å². The van der Waals surface area contributed by atoms with Crippen LogP contribution in [-0.2, 0) is 11.8 Å². The molecule has 1 unspecified atom stereocenters. The highest BCUT2D eigenvalue weighted by Crippen LogP contribution is 2.33. The van der Waals surface area contributed by atoms with E-state index >= 15 is 0 Å². The first-order valence-corrected chi connectivity index (χ1v) is 7.23. The molecule has 1 fully saturated rings. The van der Waals surface area contributed by atoms with Crippen LogP contribution in [-0.4, -0.2) is 37.8 Å². The number of aromatic nitrogens is 3. The van der Waals surface area contributed by atoms with Crippen molar-refractivity contribution in [1.29, 1.82) is 0 Å². The molecular formula is C15H18N4O3. The van der Waals surface area contributed by atoms with E-state index < -0.39 is 12.0 Å². The first kappa shape index (κ1) is 14.5. The van der Waals surface area contributed by atoms with Gasteiger partial charge in [-0.05, 0) is 38.7 Å². The van der Waals surface area contributed by atoms with Crippen LogP contribution in [0, 0.1) is 19.8 Å². The van der Waals surface area contributed by atoms with Gasteiger partial charge in [0.05, 0.1) is 16.6 Å². The molecule has 7 heteroatoms. The van der Waals surface area contributed by atoms with Crippen molar-refractivity contribution in [2.24, 2.45) is 13.0 Å². The second-order valence-electron chi connectivity index (χ2n) is 5.85. The lowest BCUT2D eigenvalue weighted by Gasteiger charge is -2.14. The zero-order valence-corrected chi connectivity index (χ0v) is 12.8. The third-order valence-electron chi connectivity index (χ3n) is 3.99. The minimum atomic E-state index is -0.985. The van der Waals surface area contributed by atoms with E-state index in [0.717, 1.165) is 12.8 Å². The van der Waals surface area contributed by atoms with Crippen molar-refractivity contribution in [3.63, 3.8) is 0 Å². The molecule has 2 heterocycles. The summed E-state index contributed by atoms with van der Waals surface area (Å²) < 4.78 is 1.63. The van der Waals surface area contributed by atoms with Crippen molar-refractivity contribution in [3.8, 4) is 0 Å². The van der Waals surface area contributed by atoms with E-state index in [-0.39, 0.29) is 11.8 Å². The molecule has 0 spiro atoms. The van der Waals surface area contributed by atoms with Gasteiger partial charge in [-0.25, -0.2) is 9.78 Å². The smallest absolute Gasteiger partial charge is 0.326 e. The molecule has 1 amide bonds. The second kappa shape index (κ2) is 5.08. The number of hydrogen-bond donors (Lipinski definition) is 2. The summed E-state index contributed by atoms with van der Waals surface area (Å²) in [5.41, 5.74) is 2.45. The Kier molecular flexibility index (Phi) is 3.35.